The molecule has 3 heterocycles. The van der Waals surface area contributed by atoms with E-state index in [-0.39, 0.29) is 12.4 Å². The Morgan fingerprint density at radius 2 is 1.97 bits per heavy atom. The average molecular weight is 478 g/mol. The zero-order chi connectivity index (χ0) is 23.7. The van der Waals surface area contributed by atoms with Crippen LogP contribution in [-0.4, -0.2) is 42.0 Å². The number of anilines is 1. The summed E-state index contributed by atoms with van der Waals surface area (Å²) in [7, 11) is 0. The first-order valence-electron chi connectivity index (χ1n) is 10.2. The van der Waals surface area contributed by atoms with Gasteiger partial charge < -0.3 is 10.1 Å². The number of aryl methyl sites for hydroxylation is 1. The summed E-state index contributed by atoms with van der Waals surface area (Å²) in [5.41, 5.74) is 1.93. The maximum absolute atomic E-state index is 13.8. The minimum atomic E-state index is -0.545. The molecule has 5 aromatic rings. The number of carbonyl (C=O) groups excluding carboxylic acids is 1. The predicted octanol–water partition coefficient (Wildman–Crippen LogP) is 4.12. The quantitative estimate of drug-likeness (QED) is 0.395. The van der Waals surface area contributed by atoms with E-state index in [1.54, 1.807) is 48.1 Å². The number of ether oxygens (including phenoxy) is 1. The Bertz CT molecular complexity index is 1510. The third-order valence-corrected chi connectivity index (χ3v) is 5.13. The maximum atomic E-state index is 13.8. The van der Waals surface area contributed by atoms with Crippen molar-refractivity contribution in [3.8, 4) is 17.3 Å². The zero-order valence-electron chi connectivity index (χ0n) is 17.8. The summed E-state index contributed by atoms with van der Waals surface area (Å²) >= 11 is 6.13. The molecule has 3 aromatic heterocycles. The van der Waals surface area contributed by atoms with Gasteiger partial charge in [-0.25, -0.2) is 19.0 Å². The Morgan fingerprint density at radius 1 is 1.12 bits per heavy atom. The fourth-order valence-electron chi connectivity index (χ4n) is 3.43. The monoisotopic (exact) mass is 477 g/mol. The van der Waals surface area contributed by atoms with E-state index in [0.717, 1.165) is 5.69 Å². The topological polar surface area (TPSA) is 99.7 Å². The van der Waals surface area contributed by atoms with Crippen molar-refractivity contribution in [1.82, 2.24) is 29.5 Å². The van der Waals surface area contributed by atoms with Crippen LogP contribution < -0.4 is 10.1 Å². The fraction of sp³-hybridized carbons (Fsp3) is 0.0870. The highest BCUT2D eigenvalue weighted by Gasteiger charge is 2.18. The molecule has 0 aliphatic carbocycles. The van der Waals surface area contributed by atoms with Crippen molar-refractivity contribution in [2.75, 3.05) is 11.9 Å². The van der Waals surface area contributed by atoms with E-state index in [2.05, 4.69) is 25.5 Å². The highest BCUT2D eigenvalue weighted by atomic mass is 35.5. The second-order valence-electron chi connectivity index (χ2n) is 7.32. The first-order chi connectivity index (χ1) is 16.5. The standard InChI is InChI=1S/C23H17ClFN7O2/c1-14-9-20(29-21(33)12-34-19-8-3-2-7-18(19)25)32(30-14)23-17-11-28-31(22(17)26-13-27-23)16-6-4-5-15(24)10-16/h2-11,13H,12H2,1H3,(H,29,33). The van der Waals surface area contributed by atoms with Crippen molar-refractivity contribution in [2.45, 2.75) is 6.92 Å². The van der Waals surface area contributed by atoms with E-state index >= 15 is 0 Å². The summed E-state index contributed by atoms with van der Waals surface area (Å²) in [5, 5.41) is 12.8. The van der Waals surface area contributed by atoms with Gasteiger partial charge in [-0.2, -0.15) is 14.9 Å². The molecule has 0 atom stereocenters. The summed E-state index contributed by atoms with van der Waals surface area (Å²) in [6.45, 7) is 1.41. The van der Waals surface area contributed by atoms with Crippen molar-refractivity contribution in [1.29, 1.82) is 0 Å². The predicted molar refractivity (Wildman–Crippen MR) is 124 cm³/mol. The van der Waals surface area contributed by atoms with Crippen LogP contribution >= 0.6 is 11.6 Å². The number of halogens is 2. The number of hydrogen-bond acceptors (Lipinski definition) is 6. The van der Waals surface area contributed by atoms with Gasteiger partial charge in [-0.15, -0.1) is 0 Å². The summed E-state index contributed by atoms with van der Waals surface area (Å²) < 4.78 is 22.2. The molecule has 1 amide bonds. The molecule has 0 fully saturated rings. The summed E-state index contributed by atoms with van der Waals surface area (Å²) in [5.74, 6) is -0.235. The molecule has 170 valence electrons. The molecule has 0 bridgehead atoms. The van der Waals surface area contributed by atoms with Crippen molar-refractivity contribution in [3.63, 3.8) is 0 Å². The molecule has 34 heavy (non-hydrogen) atoms. The smallest absolute Gasteiger partial charge is 0.263 e. The molecule has 0 saturated heterocycles. The Kier molecular flexibility index (Phi) is 5.64. The number of nitrogens with zero attached hydrogens (tertiary/aromatic N) is 6. The van der Waals surface area contributed by atoms with Crippen molar-refractivity contribution >= 4 is 34.4 Å². The molecule has 0 spiro atoms. The fourth-order valence-corrected chi connectivity index (χ4v) is 3.62. The molecule has 5 rings (SSSR count). The molecule has 9 nitrogen and oxygen atoms in total. The maximum Gasteiger partial charge on any atom is 0.263 e. The van der Waals surface area contributed by atoms with Crippen LogP contribution in [0.25, 0.3) is 22.5 Å². The van der Waals surface area contributed by atoms with Gasteiger partial charge in [0.2, 0.25) is 0 Å². The van der Waals surface area contributed by atoms with E-state index in [1.807, 2.05) is 12.1 Å². The molecule has 1 N–H and O–H groups in total. The van der Waals surface area contributed by atoms with Crippen LogP contribution in [0.5, 0.6) is 5.75 Å². The highest BCUT2D eigenvalue weighted by Crippen LogP contribution is 2.25. The van der Waals surface area contributed by atoms with E-state index in [0.29, 0.717) is 33.4 Å². The second kappa shape index (κ2) is 8.91. The summed E-state index contributed by atoms with van der Waals surface area (Å²) in [6, 6.07) is 14.8. The average Bonchev–Trinajstić information content (AvgIpc) is 3.41. The van der Waals surface area contributed by atoms with Gasteiger partial charge in [-0.3, -0.25) is 4.79 Å². The Hall–Kier alpha value is -4.31. The normalized spacial score (nSPS) is 11.0. The Morgan fingerprint density at radius 3 is 2.79 bits per heavy atom. The lowest BCUT2D eigenvalue weighted by atomic mass is 10.3. The van der Waals surface area contributed by atoms with E-state index in [9.17, 15) is 9.18 Å². The van der Waals surface area contributed by atoms with Crippen LogP contribution in [0.1, 0.15) is 5.69 Å². The number of aromatic nitrogens is 6. The van der Waals surface area contributed by atoms with Gasteiger partial charge in [-0.05, 0) is 37.3 Å². The van der Waals surface area contributed by atoms with Crippen molar-refractivity contribution < 1.29 is 13.9 Å². The van der Waals surface area contributed by atoms with E-state index < -0.39 is 11.7 Å². The van der Waals surface area contributed by atoms with Gasteiger partial charge >= 0.3 is 0 Å². The van der Waals surface area contributed by atoms with Gasteiger partial charge in [0, 0.05) is 11.1 Å². The summed E-state index contributed by atoms with van der Waals surface area (Å²) in [4.78, 5) is 21.2. The number of para-hydroxylation sites is 1. The summed E-state index contributed by atoms with van der Waals surface area (Å²) in [6.07, 6.45) is 3.01. The number of amides is 1. The van der Waals surface area contributed by atoms with E-state index in [4.69, 9.17) is 16.3 Å². The number of fused-ring (bicyclic) bond motifs is 1. The van der Waals surface area contributed by atoms with Crippen LogP contribution in [0.2, 0.25) is 5.02 Å². The Labute approximate surface area is 197 Å². The van der Waals surface area contributed by atoms with Gasteiger partial charge in [-0.1, -0.05) is 29.8 Å². The van der Waals surface area contributed by atoms with Crippen molar-refractivity contribution in [2.24, 2.45) is 0 Å². The molecule has 0 saturated carbocycles. The van der Waals surface area contributed by atoms with Gasteiger partial charge in [0.15, 0.2) is 29.6 Å². The SMILES string of the molecule is Cc1cc(NC(=O)COc2ccccc2F)n(-c2ncnc3c2cnn3-c2cccc(Cl)c2)n1. The largest absolute Gasteiger partial charge is 0.481 e. The lowest BCUT2D eigenvalue weighted by Crippen LogP contribution is -2.22. The molecule has 11 heteroatoms. The van der Waals surface area contributed by atoms with Crippen molar-refractivity contribution in [3.05, 3.63) is 83.7 Å². The number of nitrogens with one attached hydrogen (secondary N) is 1. The molecular weight excluding hydrogens is 461 g/mol. The van der Waals surface area contributed by atoms with Crippen LogP contribution in [0.4, 0.5) is 10.2 Å². The minimum Gasteiger partial charge on any atom is -0.481 e. The Balaban J connectivity index is 1.44. The van der Waals surface area contributed by atoms with E-state index in [1.165, 1.54) is 23.1 Å². The molecule has 0 radical (unpaired) electrons. The van der Waals surface area contributed by atoms with Crippen LogP contribution in [0, 0.1) is 12.7 Å². The number of benzene rings is 2. The third-order valence-electron chi connectivity index (χ3n) is 4.89. The molecule has 0 unspecified atom stereocenters. The highest BCUT2D eigenvalue weighted by molar-refractivity contribution is 6.30. The number of rotatable bonds is 6. The number of hydrogen-bond donors (Lipinski definition) is 1. The lowest BCUT2D eigenvalue weighted by molar-refractivity contribution is -0.118. The first kappa shape index (κ1) is 21.5. The second-order valence-corrected chi connectivity index (χ2v) is 7.76. The number of carbonyl (C=O) groups is 1. The molecular formula is C23H17ClFN7O2. The third kappa shape index (κ3) is 4.18. The van der Waals surface area contributed by atoms with Gasteiger partial charge in [0.25, 0.3) is 5.91 Å². The minimum absolute atomic E-state index is 0.00623. The van der Waals surface area contributed by atoms with Crippen LogP contribution in [0.3, 0.4) is 0 Å². The first-order valence-corrected chi connectivity index (χ1v) is 10.6. The molecule has 0 aliphatic heterocycles. The van der Waals surface area contributed by atoms with Gasteiger partial charge in [0.1, 0.15) is 12.1 Å². The van der Waals surface area contributed by atoms with Crippen LogP contribution in [-0.2, 0) is 4.79 Å². The van der Waals surface area contributed by atoms with Gasteiger partial charge in [0.05, 0.1) is 23.0 Å². The lowest BCUT2D eigenvalue weighted by Gasteiger charge is -2.10. The molecule has 0 aliphatic rings. The zero-order valence-corrected chi connectivity index (χ0v) is 18.6. The van der Waals surface area contributed by atoms with Crippen LogP contribution in [0.15, 0.2) is 67.1 Å². The molecule has 2 aromatic carbocycles.